The van der Waals surface area contributed by atoms with Gasteiger partial charge in [-0.25, -0.2) is 0 Å². The highest BCUT2D eigenvalue weighted by Gasteiger charge is 2.42. The first-order valence-electron chi connectivity index (χ1n) is 5.14. The maximum absolute atomic E-state index is 10.5. The number of rotatable bonds is 3. The quantitative estimate of drug-likeness (QED) is 0.691. The molecule has 2 fully saturated rings. The normalized spacial score (nSPS) is 39.3. The Hall–Kier alpha value is -0.570. The molecule has 0 aromatic carbocycles. The Morgan fingerprint density at radius 1 is 1.46 bits per heavy atom. The fraction of sp³-hybridized carbons (Fsp3) is 0.900. The monoisotopic (exact) mass is 183 g/mol. The second kappa shape index (κ2) is 3.29. The largest absolute Gasteiger partial charge is 0.481 e. The van der Waals surface area contributed by atoms with Gasteiger partial charge in [0.25, 0.3) is 0 Å². The van der Waals surface area contributed by atoms with Gasteiger partial charge in [0.05, 0.1) is 6.42 Å². The van der Waals surface area contributed by atoms with Gasteiger partial charge in [-0.15, -0.1) is 0 Å². The predicted molar refractivity (Wildman–Crippen MR) is 49.2 cm³/mol. The predicted octanol–water partition coefficient (Wildman–Crippen LogP) is 1.22. The van der Waals surface area contributed by atoms with Crippen molar-refractivity contribution in [2.75, 3.05) is 0 Å². The van der Waals surface area contributed by atoms with Crippen LogP contribution in [-0.2, 0) is 4.79 Å². The first-order valence-corrected chi connectivity index (χ1v) is 5.14. The third-order valence-corrected chi connectivity index (χ3v) is 3.75. The van der Waals surface area contributed by atoms with Gasteiger partial charge in [0, 0.05) is 6.04 Å². The summed E-state index contributed by atoms with van der Waals surface area (Å²) in [4.78, 5) is 10.5. The summed E-state index contributed by atoms with van der Waals surface area (Å²) in [5.41, 5.74) is 5.89. The molecule has 0 spiro atoms. The van der Waals surface area contributed by atoms with Crippen molar-refractivity contribution in [2.24, 2.45) is 23.5 Å². The van der Waals surface area contributed by atoms with Crippen LogP contribution in [-0.4, -0.2) is 17.1 Å². The Morgan fingerprint density at radius 2 is 2.23 bits per heavy atom. The van der Waals surface area contributed by atoms with Crippen LogP contribution < -0.4 is 5.73 Å². The highest BCUT2D eigenvalue weighted by molar-refractivity contribution is 5.67. The average Bonchev–Trinajstić information content (AvgIpc) is 2.62. The molecular weight excluding hydrogens is 166 g/mol. The third kappa shape index (κ3) is 1.70. The first-order chi connectivity index (χ1) is 6.16. The molecule has 13 heavy (non-hydrogen) atoms. The van der Waals surface area contributed by atoms with E-state index in [0.717, 1.165) is 11.8 Å². The van der Waals surface area contributed by atoms with E-state index in [4.69, 9.17) is 10.8 Å². The summed E-state index contributed by atoms with van der Waals surface area (Å²) in [6.45, 7) is 0. The van der Waals surface area contributed by atoms with Gasteiger partial charge in [-0.05, 0) is 37.0 Å². The van der Waals surface area contributed by atoms with Crippen molar-refractivity contribution >= 4 is 5.97 Å². The zero-order valence-corrected chi connectivity index (χ0v) is 7.78. The van der Waals surface area contributed by atoms with Gasteiger partial charge in [-0.1, -0.05) is 6.42 Å². The maximum Gasteiger partial charge on any atom is 0.304 e. The zero-order valence-electron chi connectivity index (χ0n) is 7.78. The summed E-state index contributed by atoms with van der Waals surface area (Å²) in [6.07, 6.45) is 5.26. The minimum atomic E-state index is -0.754. The molecule has 3 N–H and O–H groups in total. The molecule has 74 valence electrons. The van der Waals surface area contributed by atoms with E-state index in [1.54, 1.807) is 0 Å². The molecule has 2 aliphatic rings. The lowest BCUT2D eigenvalue weighted by Gasteiger charge is -2.26. The molecule has 0 saturated heterocycles. The minimum absolute atomic E-state index is 0.104. The molecule has 3 unspecified atom stereocenters. The molecule has 2 saturated carbocycles. The number of hydrogen-bond acceptors (Lipinski definition) is 2. The van der Waals surface area contributed by atoms with Crippen molar-refractivity contribution < 1.29 is 9.90 Å². The van der Waals surface area contributed by atoms with Gasteiger partial charge < -0.3 is 10.8 Å². The van der Waals surface area contributed by atoms with Crippen LogP contribution in [0, 0.1) is 17.8 Å². The van der Waals surface area contributed by atoms with Crippen LogP contribution in [0.5, 0.6) is 0 Å². The maximum atomic E-state index is 10.5. The Kier molecular flexibility index (Phi) is 2.28. The summed E-state index contributed by atoms with van der Waals surface area (Å²) in [6, 6.07) is -0.104. The van der Waals surface area contributed by atoms with Gasteiger partial charge >= 0.3 is 5.97 Å². The van der Waals surface area contributed by atoms with E-state index >= 15 is 0 Å². The van der Waals surface area contributed by atoms with Crippen LogP contribution >= 0.6 is 0 Å². The van der Waals surface area contributed by atoms with Crippen LogP contribution in [0.15, 0.2) is 0 Å². The molecule has 2 aliphatic carbocycles. The lowest BCUT2D eigenvalue weighted by atomic mass is 9.82. The first kappa shape index (κ1) is 9.00. The number of carboxylic acids is 1. The van der Waals surface area contributed by atoms with Crippen LogP contribution in [0.2, 0.25) is 0 Å². The molecule has 0 aliphatic heterocycles. The molecule has 0 amide bonds. The number of carboxylic acid groups (broad SMARTS) is 1. The van der Waals surface area contributed by atoms with Gasteiger partial charge in [-0.3, -0.25) is 4.79 Å². The topological polar surface area (TPSA) is 63.3 Å². The Bertz CT molecular complexity index is 217. The van der Waals surface area contributed by atoms with Crippen molar-refractivity contribution in [3.05, 3.63) is 0 Å². The second-order valence-corrected chi connectivity index (χ2v) is 4.60. The van der Waals surface area contributed by atoms with Crippen LogP contribution in [0.1, 0.15) is 32.1 Å². The van der Waals surface area contributed by atoms with Crippen LogP contribution in [0.25, 0.3) is 0 Å². The summed E-state index contributed by atoms with van der Waals surface area (Å²) in [7, 11) is 0. The van der Waals surface area contributed by atoms with Gasteiger partial charge in [0.15, 0.2) is 0 Å². The Balaban J connectivity index is 1.91. The van der Waals surface area contributed by atoms with E-state index in [-0.39, 0.29) is 12.5 Å². The Morgan fingerprint density at radius 3 is 2.69 bits per heavy atom. The highest BCUT2D eigenvalue weighted by Crippen LogP contribution is 2.49. The van der Waals surface area contributed by atoms with Crippen LogP contribution in [0.3, 0.4) is 0 Å². The van der Waals surface area contributed by atoms with Crippen molar-refractivity contribution in [2.45, 2.75) is 38.1 Å². The molecule has 4 atom stereocenters. The molecule has 3 nitrogen and oxygen atoms in total. The third-order valence-electron chi connectivity index (χ3n) is 3.75. The molecule has 0 aromatic rings. The minimum Gasteiger partial charge on any atom is -0.481 e. The van der Waals surface area contributed by atoms with E-state index in [9.17, 15) is 4.79 Å². The fourth-order valence-corrected chi connectivity index (χ4v) is 3.17. The van der Waals surface area contributed by atoms with Crippen LogP contribution in [0.4, 0.5) is 0 Å². The molecule has 2 rings (SSSR count). The smallest absolute Gasteiger partial charge is 0.304 e. The van der Waals surface area contributed by atoms with E-state index in [2.05, 4.69) is 0 Å². The summed E-state index contributed by atoms with van der Waals surface area (Å²) < 4.78 is 0. The second-order valence-electron chi connectivity index (χ2n) is 4.60. The van der Waals surface area contributed by atoms with Crippen molar-refractivity contribution in [1.82, 2.24) is 0 Å². The number of carbonyl (C=O) groups is 1. The van der Waals surface area contributed by atoms with E-state index in [1.165, 1.54) is 25.7 Å². The highest BCUT2D eigenvalue weighted by atomic mass is 16.4. The molecule has 0 radical (unpaired) electrons. The SMILES string of the molecule is N[C@@H](CC(=O)O)C1CC2CCC1C2. The number of hydrogen-bond donors (Lipinski definition) is 2. The molecule has 3 heteroatoms. The number of nitrogens with two attached hydrogens (primary N) is 1. The van der Waals surface area contributed by atoms with Gasteiger partial charge in [0.1, 0.15) is 0 Å². The zero-order chi connectivity index (χ0) is 9.42. The standard InChI is InChI=1S/C10H17NO2/c11-9(5-10(12)13)8-4-6-1-2-7(8)3-6/h6-9H,1-5,11H2,(H,12,13)/t6?,7?,8?,9-/m0/s1. The lowest BCUT2D eigenvalue weighted by molar-refractivity contribution is -0.137. The Labute approximate surface area is 78.3 Å². The summed E-state index contributed by atoms with van der Waals surface area (Å²) in [5.74, 6) is 1.33. The summed E-state index contributed by atoms with van der Waals surface area (Å²) in [5, 5.41) is 8.63. The lowest BCUT2D eigenvalue weighted by Crippen LogP contribution is -2.35. The van der Waals surface area contributed by atoms with Gasteiger partial charge in [-0.2, -0.15) is 0 Å². The van der Waals surface area contributed by atoms with Crippen molar-refractivity contribution in [3.8, 4) is 0 Å². The molecule has 2 bridgehead atoms. The molecule has 0 aromatic heterocycles. The average molecular weight is 183 g/mol. The van der Waals surface area contributed by atoms with E-state index in [0.29, 0.717) is 5.92 Å². The van der Waals surface area contributed by atoms with Gasteiger partial charge in [0.2, 0.25) is 0 Å². The number of fused-ring (bicyclic) bond motifs is 2. The number of aliphatic carboxylic acids is 1. The fourth-order valence-electron chi connectivity index (χ4n) is 3.17. The van der Waals surface area contributed by atoms with E-state index in [1.807, 2.05) is 0 Å². The molecular formula is C10H17NO2. The summed E-state index contributed by atoms with van der Waals surface area (Å²) >= 11 is 0. The molecule has 0 heterocycles. The van der Waals surface area contributed by atoms with E-state index < -0.39 is 5.97 Å². The van der Waals surface area contributed by atoms with Crippen molar-refractivity contribution in [3.63, 3.8) is 0 Å². The van der Waals surface area contributed by atoms with Crippen molar-refractivity contribution in [1.29, 1.82) is 0 Å².